The highest BCUT2D eigenvalue weighted by Crippen LogP contribution is 2.20. The lowest BCUT2D eigenvalue weighted by Crippen LogP contribution is -2.14. The van der Waals surface area contributed by atoms with Crippen LogP contribution in [0.2, 0.25) is 0 Å². The van der Waals surface area contributed by atoms with Gasteiger partial charge in [0.2, 0.25) is 11.8 Å². The molecule has 1 heterocycles. The molecule has 0 fully saturated rings. The molecule has 1 aromatic carbocycles. The van der Waals surface area contributed by atoms with Crippen molar-refractivity contribution in [3.8, 4) is 17.5 Å². The van der Waals surface area contributed by atoms with Gasteiger partial charge in [0, 0.05) is 12.0 Å². The first kappa shape index (κ1) is 16.2. The molecule has 0 atom stereocenters. The molecule has 0 aliphatic rings. The third kappa shape index (κ3) is 4.64. The van der Waals surface area contributed by atoms with Crippen molar-refractivity contribution in [3.63, 3.8) is 0 Å². The Morgan fingerprint density at radius 1 is 1.35 bits per heavy atom. The van der Waals surface area contributed by atoms with Crippen LogP contribution >= 0.6 is 0 Å². The minimum absolute atomic E-state index is 0.0229. The van der Waals surface area contributed by atoms with Crippen molar-refractivity contribution in [1.29, 1.82) is 5.26 Å². The van der Waals surface area contributed by atoms with Crippen LogP contribution in [0.15, 0.2) is 28.7 Å². The summed E-state index contributed by atoms with van der Waals surface area (Å²) in [6.07, 6.45) is -0.0641. The summed E-state index contributed by atoms with van der Waals surface area (Å²) in [5.74, 6) is -0.691. The molecule has 0 spiro atoms. The zero-order valence-corrected chi connectivity index (χ0v) is 12.4. The molecule has 0 saturated heterocycles. The number of anilines is 1. The predicted molar refractivity (Wildman–Crippen MR) is 78.9 cm³/mol. The average Bonchev–Trinajstić information content (AvgIpc) is 3.02. The first-order valence-corrected chi connectivity index (χ1v) is 6.92. The van der Waals surface area contributed by atoms with Gasteiger partial charge in [-0.2, -0.15) is 5.26 Å². The minimum atomic E-state index is -0.442. The molecule has 0 unspecified atom stereocenters. The van der Waals surface area contributed by atoms with E-state index < -0.39 is 11.9 Å². The van der Waals surface area contributed by atoms with Gasteiger partial charge in [0.05, 0.1) is 24.7 Å². The Balaban J connectivity index is 1.95. The fourth-order valence-corrected chi connectivity index (χ4v) is 1.74. The largest absolute Gasteiger partial charge is 0.466 e. The molecule has 0 radical (unpaired) electrons. The smallest absolute Gasteiger partial charge is 0.322 e. The van der Waals surface area contributed by atoms with Gasteiger partial charge >= 0.3 is 12.0 Å². The number of carbonyl (C=O) groups is 2. The number of hydrogen-bond acceptors (Lipinski definition) is 7. The number of amides is 1. The van der Waals surface area contributed by atoms with Crippen molar-refractivity contribution < 1.29 is 18.7 Å². The molecule has 2 rings (SSSR count). The Labute approximate surface area is 132 Å². The van der Waals surface area contributed by atoms with Crippen molar-refractivity contribution in [2.75, 3.05) is 11.9 Å². The van der Waals surface area contributed by atoms with Gasteiger partial charge in [-0.1, -0.05) is 11.2 Å². The summed E-state index contributed by atoms with van der Waals surface area (Å²) in [5.41, 5.74) is 1.03. The van der Waals surface area contributed by atoms with Gasteiger partial charge in [0.1, 0.15) is 0 Å². The van der Waals surface area contributed by atoms with E-state index in [4.69, 9.17) is 14.4 Å². The Morgan fingerprint density at radius 3 is 2.91 bits per heavy atom. The monoisotopic (exact) mass is 314 g/mol. The fraction of sp³-hybridized carbons (Fsp3) is 0.267. The molecule has 23 heavy (non-hydrogen) atoms. The number of nitrogens with one attached hydrogen (secondary N) is 1. The summed E-state index contributed by atoms with van der Waals surface area (Å²) < 4.78 is 10.0. The van der Waals surface area contributed by atoms with Crippen LogP contribution in [0.1, 0.15) is 25.3 Å². The quantitative estimate of drug-likeness (QED) is 0.809. The summed E-state index contributed by atoms with van der Waals surface area (Å²) >= 11 is 0. The zero-order valence-electron chi connectivity index (χ0n) is 12.4. The van der Waals surface area contributed by atoms with E-state index in [2.05, 4.69) is 15.5 Å². The van der Waals surface area contributed by atoms with Gasteiger partial charge in [-0.25, -0.2) is 0 Å². The van der Waals surface area contributed by atoms with E-state index in [-0.39, 0.29) is 31.4 Å². The molecular weight excluding hydrogens is 300 g/mol. The lowest BCUT2D eigenvalue weighted by molar-refractivity contribution is -0.144. The maximum atomic E-state index is 11.7. The molecule has 8 heteroatoms. The van der Waals surface area contributed by atoms with Gasteiger partial charge < -0.3 is 9.15 Å². The zero-order chi connectivity index (χ0) is 16.7. The summed E-state index contributed by atoms with van der Waals surface area (Å²) in [6.45, 7) is 1.97. The Bertz CT molecular complexity index is 748. The number of rotatable bonds is 6. The van der Waals surface area contributed by atoms with Gasteiger partial charge in [-0.3, -0.25) is 14.9 Å². The maximum Gasteiger partial charge on any atom is 0.322 e. The van der Waals surface area contributed by atoms with E-state index in [1.54, 1.807) is 31.2 Å². The lowest BCUT2D eigenvalue weighted by Gasteiger charge is -2.01. The number of nitriles is 1. The maximum absolute atomic E-state index is 11.7. The van der Waals surface area contributed by atoms with Crippen LogP contribution in [0.25, 0.3) is 11.5 Å². The standard InChI is InChI=1S/C15H14N4O4/c1-2-22-13(21)7-6-12(20)17-15-19-18-14(23-15)11-5-3-4-10(8-11)9-16/h3-5,8H,2,6-7H2,1H3,(H,17,19,20). The van der Waals surface area contributed by atoms with Crippen molar-refractivity contribution in [3.05, 3.63) is 29.8 Å². The normalized spacial score (nSPS) is 9.91. The predicted octanol–water partition coefficient (Wildman–Crippen LogP) is 1.89. The van der Waals surface area contributed by atoms with Crippen LogP contribution in [0.4, 0.5) is 6.01 Å². The van der Waals surface area contributed by atoms with Crippen molar-refractivity contribution in [2.24, 2.45) is 0 Å². The lowest BCUT2D eigenvalue weighted by atomic mass is 10.1. The van der Waals surface area contributed by atoms with Crippen molar-refractivity contribution in [2.45, 2.75) is 19.8 Å². The second-order valence-corrected chi connectivity index (χ2v) is 4.46. The van der Waals surface area contributed by atoms with Gasteiger partial charge in [0.15, 0.2) is 0 Å². The molecule has 8 nitrogen and oxygen atoms in total. The molecule has 1 aromatic heterocycles. The van der Waals surface area contributed by atoms with Gasteiger partial charge in [-0.15, -0.1) is 5.10 Å². The van der Waals surface area contributed by atoms with Crippen LogP contribution in [-0.4, -0.2) is 28.7 Å². The fourth-order valence-electron chi connectivity index (χ4n) is 1.74. The van der Waals surface area contributed by atoms with E-state index in [0.29, 0.717) is 11.1 Å². The third-order valence-corrected chi connectivity index (χ3v) is 2.77. The van der Waals surface area contributed by atoms with Gasteiger partial charge in [0.25, 0.3) is 0 Å². The first-order valence-electron chi connectivity index (χ1n) is 6.92. The number of hydrogen-bond donors (Lipinski definition) is 1. The van der Waals surface area contributed by atoms with E-state index in [1.807, 2.05) is 6.07 Å². The Morgan fingerprint density at radius 2 is 2.17 bits per heavy atom. The van der Waals surface area contributed by atoms with E-state index in [9.17, 15) is 9.59 Å². The number of carbonyl (C=O) groups excluding carboxylic acids is 2. The molecular formula is C15H14N4O4. The summed E-state index contributed by atoms with van der Waals surface area (Å²) in [5, 5.41) is 18.8. The molecule has 2 aromatic rings. The highest BCUT2D eigenvalue weighted by molar-refractivity contribution is 5.90. The molecule has 0 bridgehead atoms. The number of esters is 1. The topological polar surface area (TPSA) is 118 Å². The van der Waals surface area contributed by atoms with Crippen LogP contribution in [-0.2, 0) is 14.3 Å². The second kappa shape index (κ2) is 7.70. The second-order valence-electron chi connectivity index (χ2n) is 4.46. The molecule has 1 N–H and O–H groups in total. The average molecular weight is 314 g/mol. The summed E-state index contributed by atoms with van der Waals surface area (Å²) in [4.78, 5) is 22.8. The number of aromatic nitrogens is 2. The Kier molecular flexibility index (Phi) is 5.41. The van der Waals surface area contributed by atoms with Crippen molar-refractivity contribution in [1.82, 2.24) is 10.2 Å². The highest BCUT2D eigenvalue weighted by Gasteiger charge is 2.13. The number of benzene rings is 1. The molecule has 118 valence electrons. The summed E-state index contributed by atoms with van der Waals surface area (Å²) in [6, 6.07) is 8.58. The van der Waals surface area contributed by atoms with Crippen LogP contribution in [0.3, 0.4) is 0 Å². The van der Waals surface area contributed by atoms with E-state index in [1.165, 1.54) is 0 Å². The minimum Gasteiger partial charge on any atom is -0.466 e. The first-order chi connectivity index (χ1) is 11.1. The number of nitrogens with zero attached hydrogens (tertiary/aromatic N) is 3. The molecule has 0 aliphatic heterocycles. The van der Waals surface area contributed by atoms with E-state index in [0.717, 1.165) is 0 Å². The van der Waals surface area contributed by atoms with Crippen molar-refractivity contribution >= 4 is 17.9 Å². The van der Waals surface area contributed by atoms with E-state index >= 15 is 0 Å². The molecule has 0 saturated carbocycles. The highest BCUT2D eigenvalue weighted by atomic mass is 16.5. The third-order valence-electron chi connectivity index (χ3n) is 2.77. The van der Waals surface area contributed by atoms with Gasteiger partial charge in [-0.05, 0) is 25.1 Å². The Hall–Kier alpha value is -3.21. The van der Waals surface area contributed by atoms with Crippen LogP contribution < -0.4 is 5.32 Å². The SMILES string of the molecule is CCOC(=O)CCC(=O)Nc1nnc(-c2cccc(C#N)c2)o1. The van der Waals surface area contributed by atoms with Crippen LogP contribution in [0.5, 0.6) is 0 Å². The van der Waals surface area contributed by atoms with Crippen LogP contribution in [0, 0.1) is 11.3 Å². The molecule has 1 amide bonds. The summed E-state index contributed by atoms with van der Waals surface area (Å²) in [7, 11) is 0. The number of ether oxygens (including phenoxy) is 1. The molecule has 0 aliphatic carbocycles.